The summed E-state index contributed by atoms with van der Waals surface area (Å²) in [7, 11) is 0. The Kier molecular flexibility index (Phi) is 4.17. The number of nitrogens with two attached hydrogens (primary N) is 1. The van der Waals surface area contributed by atoms with Crippen molar-refractivity contribution in [3.05, 3.63) is 29.6 Å². The van der Waals surface area contributed by atoms with Gasteiger partial charge in [0.05, 0.1) is 10.6 Å². The Labute approximate surface area is 93.9 Å². The van der Waals surface area contributed by atoms with E-state index in [4.69, 9.17) is 18.0 Å². The molecule has 0 atom stereocenters. The van der Waals surface area contributed by atoms with Gasteiger partial charge in [-0.15, -0.1) is 0 Å². The molecule has 4 nitrogen and oxygen atoms in total. The maximum atomic E-state index is 11.6. The Morgan fingerprint density at radius 3 is 3.00 bits per heavy atom. The lowest BCUT2D eigenvalue weighted by Gasteiger charge is -2.05. The monoisotopic (exact) mass is 223 g/mol. The van der Waals surface area contributed by atoms with Crippen LogP contribution in [-0.4, -0.2) is 22.4 Å². The smallest absolute Gasteiger partial charge is 0.253 e. The van der Waals surface area contributed by atoms with Gasteiger partial charge in [-0.1, -0.05) is 12.2 Å². The summed E-state index contributed by atoms with van der Waals surface area (Å²) in [6.07, 6.45) is 2.17. The predicted molar refractivity (Wildman–Crippen MR) is 62.7 cm³/mol. The van der Waals surface area contributed by atoms with Crippen LogP contribution in [0.2, 0.25) is 0 Å². The van der Waals surface area contributed by atoms with Gasteiger partial charge in [-0.2, -0.15) is 0 Å². The number of carbonyl (C=O) groups is 1. The van der Waals surface area contributed by atoms with Crippen molar-refractivity contribution >= 4 is 23.1 Å². The summed E-state index contributed by atoms with van der Waals surface area (Å²) in [4.78, 5) is 16.0. The van der Waals surface area contributed by atoms with Gasteiger partial charge in [-0.25, -0.2) is 0 Å². The Bertz CT molecular complexity index is 379. The van der Waals surface area contributed by atoms with E-state index in [-0.39, 0.29) is 5.91 Å². The molecule has 0 aromatic carbocycles. The Balaban J connectivity index is 2.54. The minimum atomic E-state index is -0.142. The molecule has 5 heteroatoms. The number of pyridine rings is 1. The van der Waals surface area contributed by atoms with Gasteiger partial charge in [0.2, 0.25) is 0 Å². The third-order valence-electron chi connectivity index (χ3n) is 1.91. The molecule has 1 heterocycles. The number of carbonyl (C=O) groups excluding carboxylic acids is 1. The maximum Gasteiger partial charge on any atom is 0.253 e. The largest absolute Gasteiger partial charge is 0.393 e. The number of aromatic nitrogens is 1. The molecule has 0 radical (unpaired) electrons. The van der Waals surface area contributed by atoms with Crippen LogP contribution in [0.5, 0.6) is 0 Å². The van der Waals surface area contributed by atoms with Crippen LogP contribution in [-0.2, 0) is 0 Å². The van der Waals surface area contributed by atoms with Gasteiger partial charge in [0.15, 0.2) is 0 Å². The second-order valence-corrected chi connectivity index (χ2v) is 3.63. The molecule has 0 spiro atoms. The fourth-order valence-corrected chi connectivity index (χ4v) is 1.22. The quantitative estimate of drug-likeness (QED) is 0.741. The van der Waals surface area contributed by atoms with Gasteiger partial charge in [-0.05, 0) is 19.1 Å². The van der Waals surface area contributed by atoms with Crippen molar-refractivity contribution in [2.24, 2.45) is 5.73 Å². The number of nitrogens with one attached hydrogen (secondary N) is 1. The Morgan fingerprint density at radius 2 is 2.40 bits per heavy atom. The van der Waals surface area contributed by atoms with Gasteiger partial charge in [0.1, 0.15) is 0 Å². The van der Waals surface area contributed by atoms with Crippen molar-refractivity contribution in [1.29, 1.82) is 0 Å². The zero-order valence-electron chi connectivity index (χ0n) is 8.49. The fraction of sp³-hybridized carbons (Fsp3) is 0.300. The predicted octanol–water partition coefficient (Wildman–Crippen LogP) is 0.796. The second kappa shape index (κ2) is 5.41. The highest BCUT2D eigenvalue weighted by atomic mass is 32.1. The van der Waals surface area contributed by atoms with Gasteiger partial charge in [0.25, 0.3) is 5.91 Å². The van der Waals surface area contributed by atoms with Crippen molar-refractivity contribution in [3.63, 3.8) is 0 Å². The number of amides is 1. The molecule has 0 aliphatic heterocycles. The van der Waals surface area contributed by atoms with E-state index in [1.165, 1.54) is 0 Å². The SMILES string of the molecule is Cc1ncccc1C(=O)NCCC(N)=S. The Hall–Kier alpha value is -1.49. The molecule has 1 amide bonds. The normalized spacial score (nSPS) is 9.67. The summed E-state index contributed by atoms with van der Waals surface area (Å²) in [5.74, 6) is -0.142. The van der Waals surface area contributed by atoms with Crippen molar-refractivity contribution in [2.45, 2.75) is 13.3 Å². The van der Waals surface area contributed by atoms with Crippen molar-refractivity contribution in [3.8, 4) is 0 Å². The number of rotatable bonds is 4. The number of aryl methyl sites for hydroxylation is 1. The highest BCUT2D eigenvalue weighted by Gasteiger charge is 2.07. The van der Waals surface area contributed by atoms with Crippen molar-refractivity contribution in [1.82, 2.24) is 10.3 Å². The summed E-state index contributed by atoms with van der Waals surface area (Å²) in [6.45, 7) is 2.25. The number of hydrogen-bond donors (Lipinski definition) is 2. The lowest BCUT2D eigenvalue weighted by Crippen LogP contribution is -2.28. The van der Waals surface area contributed by atoms with Crippen molar-refractivity contribution < 1.29 is 4.79 Å². The average molecular weight is 223 g/mol. The van der Waals surface area contributed by atoms with Gasteiger partial charge in [0, 0.05) is 24.9 Å². The molecule has 0 bridgehead atoms. The lowest BCUT2D eigenvalue weighted by atomic mass is 10.2. The third-order valence-corrected chi connectivity index (χ3v) is 2.11. The summed E-state index contributed by atoms with van der Waals surface area (Å²) in [6, 6.07) is 3.47. The van der Waals surface area contributed by atoms with Crippen LogP contribution in [0.15, 0.2) is 18.3 Å². The zero-order valence-corrected chi connectivity index (χ0v) is 9.30. The molecule has 0 saturated carbocycles. The minimum Gasteiger partial charge on any atom is -0.393 e. The van der Waals surface area contributed by atoms with Crippen LogP contribution >= 0.6 is 12.2 Å². The van der Waals surface area contributed by atoms with E-state index in [1.54, 1.807) is 25.3 Å². The van der Waals surface area contributed by atoms with Gasteiger partial charge >= 0.3 is 0 Å². The highest BCUT2D eigenvalue weighted by molar-refractivity contribution is 7.80. The maximum absolute atomic E-state index is 11.6. The van der Waals surface area contributed by atoms with E-state index in [1.807, 2.05) is 0 Å². The molecule has 3 N–H and O–H groups in total. The molecule has 80 valence electrons. The molecule has 0 aliphatic rings. The second-order valence-electron chi connectivity index (χ2n) is 3.11. The molecule has 0 aliphatic carbocycles. The van der Waals surface area contributed by atoms with E-state index in [0.29, 0.717) is 29.2 Å². The molecular weight excluding hydrogens is 210 g/mol. The average Bonchev–Trinajstić information content (AvgIpc) is 2.17. The molecule has 1 aromatic rings. The van der Waals surface area contributed by atoms with Gasteiger partial charge in [-0.3, -0.25) is 9.78 Å². The number of thiocarbonyl (C=S) groups is 1. The topological polar surface area (TPSA) is 68.0 Å². The van der Waals surface area contributed by atoms with Crippen LogP contribution in [0.25, 0.3) is 0 Å². The van der Waals surface area contributed by atoms with Crippen LogP contribution in [0, 0.1) is 6.92 Å². The molecule has 0 unspecified atom stereocenters. The molecule has 0 saturated heterocycles. The summed E-state index contributed by atoms with van der Waals surface area (Å²) < 4.78 is 0. The molecule has 1 rings (SSSR count). The summed E-state index contributed by atoms with van der Waals surface area (Å²) >= 11 is 4.70. The molecule has 1 aromatic heterocycles. The Morgan fingerprint density at radius 1 is 1.67 bits per heavy atom. The van der Waals surface area contributed by atoms with Crippen LogP contribution < -0.4 is 11.1 Å². The molecular formula is C10H13N3OS. The number of hydrogen-bond acceptors (Lipinski definition) is 3. The van der Waals surface area contributed by atoms with Crippen LogP contribution in [0.1, 0.15) is 22.5 Å². The van der Waals surface area contributed by atoms with Crippen molar-refractivity contribution in [2.75, 3.05) is 6.54 Å². The highest BCUT2D eigenvalue weighted by Crippen LogP contribution is 2.02. The van der Waals surface area contributed by atoms with Crippen LogP contribution in [0.4, 0.5) is 0 Å². The van der Waals surface area contributed by atoms with Gasteiger partial charge < -0.3 is 11.1 Å². The third kappa shape index (κ3) is 3.63. The van der Waals surface area contributed by atoms with E-state index < -0.39 is 0 Å². The summed E-state index contributed by atoms with van der Waals surface area (Å²) in [5.41, 5.74) is 6.61. The van der Waals surface area contributed by atoms with E-state index in [2.05, 4.69) is 10.3 Å². The van der Waals surface area contributed by atoms with E-state index in [0.717, 1.165) is 0 Å². The van der Waals surface area contributed by atoms with E-state index in [9.17, 15) is 4.79 Å². The fourth-order valence-electron chi connectivity index (χ4n) is 1.12. The molecule has 0 fully saturated rings. The first-order chi connectivity index (χ1) is 7.11. The summed E-state index contributed by atoms with van der Waals surface area (Å²) in [5, 5.41) is 2.72. The molecule has 15 heavy (non-hydrogen) atoms. The first-order valence-electron chi connectivity index (χ1n) is 4.59. The lowest BCUT2D eigenvalue weighted by molar-refractivity contribution is 0.0954. The minimum absolute atomic E-state index is 0.142. The van der Waals surface area contributed by atoms with Crippen LogP contribution in [0.3, 0.4) is 0 Å². The standard InChI is InChI=1S/C10H13N3OS/c1-7-8(3-2-5-12-7)10(14)13-6-4-9(11)15/h2-3,5H,4,6H2,1H3,(H2,11,15)(H,13,14). The van der Waals surface area contributed by atoms with E-state index >= 15 is 0 Å². The first kappa shape index (κ1) is 11.6. The number of nitrogens with zero attached hydrogens (tertiary/aromatic N) is 1. The first-order valence-corrected chi connectivity index (χ1v) is 5.00. The zero-order chi connectivity index (χ0) is 11.3.